The molecule has 29 heavy (non-hydrogen) atoms. The number of piperidine rings is 1. The van der Waals surface area contributed by atoms with Crippen molar-refractivity contribution in [2.45, 2.75) is 32.0 Å². The van der Waals surface area contributed by atoms with Gasteiger partial charge >= 0.3 is 11.8 Å². The van der Waals surface area contributed by atoms with Crippen molar-refractivity contribution in [2.75, 3.05) is 19.9 Å². The smallest absolute Gasteiger partial charge is 0.309 e. The van der Waals surface area contributed by atoms with Gasteiger partial charge in [0.25, 0.3) is 0 Å². The number of likely N-dealkylation sites (tertiary alicyclic amines) is 1. The Labute approximate surface area is 170 Å². The summed E-state index contributed by atoms with van der Waals surface area (Å²) in [6.07, 6.45) is 1.68. The van der Waals surface area contributed by atoms with Gasteiger partial charge in [0.1, 0.15) is 0 Å². The van der Waals surface area contributed by atoms with E-state index in [1.54, 1.807) is 6.07 Å². The molecule has 0 atom stereocenters. The highest BCUT2D eigenvalue weighted by Gasteiger charge is 2.23. The van der Waals surface area contributed by atoms with Crippen LogP contribution in [-0.2, 0) is 22.7 Å². The van der Waals surface area contributed by atoms with Crippen molar-refractivity contribution in [3.05, 3.63) is 59.7 Å². The Morgan fingerprint density at radius 1 is 0.931 bits per heavy atom. The standard InChI is InChI=1S/C22H25N3O4/c26-21(23-13-17-6-7-19-20(12-17)29-15-28-19)22(27)24-18-8-10-25(11-9-18)14-16-4-2-1-3-5-16/h1-7,12,18H,8-11,13-15H2,(H,23,26)(H,24,27). The van der Waals surface area contributed by atoms with Gasteiger partial charge in [-0.2, -0.15) is 0 Å². The minimum absolute atomic E-state index is 0.0332. The van der Waals surface area contributed by atoms with E-state index in [-0.39, 0.29) is 19.4 Å². The molecule has 0 radical (unpaired) electrons. The molecular formula is C22H25N3O4. The number of amides is 2. The monoisotopic (exact) mass is 395 g/mol. The van der Waals surface area contributed by atoms with Crippen LogP contribution in [0.3, 0.4) is 0 Å². The van der Waals surface area contributed by atoms with E-state index in [0.29, 0.717) is 11.5 Å². The molecule has 1 fully saturated rings. The lowest BCUT2D eigenvalue weighted by Gasteiger charge is -2.32. The first-order chi connectivity index (χ1) is 14.2. The third-order valence-electron chi connectivity index (χ3n) is 5.27. The van der Waals surface area contributed by atoms with Crippen molar-refractivity contribution in [1.29, 1.82) is 0 Å². The Bertz CT molecular complexity index is 864. The maximum absolute atomic E-state index is 12.2. The number of nitrogens with zero attached hydrogens (tertiary/aromatic N) is 1. The van der Waals surface area contributed by atoms with Gasteiger partial charge in [-0.25, -0.2) is 0 Å². The molecule has 2 aromatic carbocycles. The molecule has 2 aromatic rings. The Kier molecular flexibility index (Phi) is 5.95. The molecule has 0 aromatic heterocycles. The molecule has 0 aliphatic carbocycles. The van der Waals surface area contributed by atoms with Gasteiger partial charge in [0.15, 0.2) is 11.5 Å². The average molecular weight is 395 g/mol. The number of fused-ring (bicyclic) bond motifs is 1. The SMILES string of the molecule is O=C(NCc1ccc2c(c1)OCO2)C(=O)NC1CCN(Cc2ccccc2)CC1. The van der Waals surface area contributed by atoms with Gasteiger partial charge in [0.05, 0.1) is 0 Å². The fourth-order valence-electron chi connectivity index (χ4n) is 3.64. The van der Waals surface area contributed by atoms with Crippen LogP contribution in [0, 0.1) is 0 Å². The number of rotatable bonds is 5. The lowest BCUT2D eigenvalue weighted by Crippen LogP contribution is -2.48. The summed E-state index contributed by atoms with van der Waals surface area (Å²) < 4.78 is 10.6. The fourth-order valence-corrected chi connectivity index (χ4v) is 3.64. The molecular weight excluding hydrogens is 370 g/mol. The Morgan fingerprint density at radius 3 is 2.48 bits per heavy atom. The normalized spacial score (nSPS) is 16.4. The van der Waals surface area contributed by atoms with E-state index in [2.05, 4.69) is 27.7 Å². The zero-order valence-corrected chi connectivity index (χ0v) is 16.2. The summed E-state index contributed by atoms with van der Waals surface area (Å²) in [5.41, 5.74) is 2.14. The van der Waals surface area contributed by atoms with Crippen molar-refractivity contribution < 1.29 is 19.1 Å². The van der Waals surface area contributed by atoms with Crippen LogP contribution in [0.25, 0.3) is 0 Å². The zero-order valence-electron chi connectivity index (χ0n) is 16.2. The summed E-state index contributed by atoms with van der Waals surface area (Å²) in [6.45, 7) is 3.19. The third-order valence-corrected chi connectivity index (χ3v) is 5.27. The minimum atomic E-state index is -0.616. The molecule has 152 valence electrons. The molecule has 2 amide bonds. The van der Waals surface area contributed by atoms with E-state index < -0.39 is 11.8 Å². The largest absolute Gasteiger partial charge is 0.454 e. The van der Waals surface area contributed by atoms with Gasteiger partial charge in [-0.15, -0.1) is 0 Å². The summed E-state index contributed by atoms with van der Waals surface area (Å²) in [6, 6.07) is 15.8. The first kappa shape index (κ1) is 19.3. The van der Waals surface area contributed by atoms with Gasteiger partial charge in [0.2, 0.25) is 6.79 Å². The van der Waals surface area contributed by atoms with Gasteiger partial charge in [-0.1, -0.05) is 36.4 Å². The number of benzene rings is 2. The number of carbonyl (C=O) groups excluding carboxylic acids is 2. The van der Waals surface area contributed by atoms with Gasteiger partial charge in [0, 0.05) is 32.2 Å². The van der Waals surface area contributed by atoms with E-state index in [1.807, 2.05) is 30.3 Å². The second-order valence-corrected chi connectivity index (χ2v) is 7.38. The van der Waals surface area contributed by atoms with E-state index in [4.69, 9.17) is 9.47 Å². The Hall–Kier alpha value is -3.06. The lowest BCUT2D eigenvalue weighted by atomic mass is 10.0. The highest BCUT2D eigenvalue weighted by atomic mass is 16.7. The van der Waals surface area contributed by atoms with Gasteiger partial charge in [-0.3, -0.25) is 14.5 Å². The van der Waals surface area contributed by atoms with E-state index >= 15 is 0 Å². The van der Waals surface area contributed by atoms with Crippen molar-refractivity contribution in [2.24, 2.45) is 0 Å². The van der Waals surface area contributed by atoms with Crippen LogP contribution in [0.1, 0.15) is 24.0 Å². The summed E-state index contributed by atoms with van der Waals surface area (Å²) in [5.74, 6) is 0.154. The summed E-state index contributed by atoms with van der Waals surface area (Å²) in [4.78, 5) is 26.7. The molecule has 0 spiro atoms. The number of hydrogen-bond donors (Lipinski definition) is 2. The van der Waals surface area contributed by atoms with Crippen LogP contribution in [0.4, 0.5) is 0 Å². The van der Waals surface area contributed by atoms with Crippen LogP contribution < -0.4 is 20.1 Å². The molecule has 4 rings (SSSR count). The lowest BCUT2D eigenvalue weighted by molar-refractivity contribution is -0.139. The first-order valence-electron chi connectivity index (χ1n) is 9.91. The van der Waals surface area contributed by atoms with Crippen molar-refractivity contribution in [3.8, 4) is 11.5 Å². The van der Waals surface area contributed by atoms with Crippen LogP contribution in [0.5, 0.6) is 11.5 Å². The second kappa shape index (κ2) is 8.96. The third kappa shape index (κ3) is 5.06. The average Bonchev–Trinajstić information content (AvgIpc) is 3.22. The summed E-state index contributed by atoms with van der Waals surface area (Å²) >= 11 is 0. The Morgan fingerprint density at radius 2 is 1.69 bits per heavy atom. The molecule has 1 saturated heterocycles. The van der Waals surface area contributed by atoms with Crippen LogP contribution in [0.15, 0.2) is 48.5 Å². The molecule has 0 saturated carbocycles. The zero-order chi connectivity index (χ0) is 20.1. The molecule has 7 heteroatoms. The molecule has 0 bridgehead atoms. The fraction of sp³-hybridized carbons (Fsp3) is 0.364. The summed E-state index contributed by atoms with van der Waals surface area (Å²) in [7, 11) is 0. The van der Waals surface area contributed by atoms with Gasteiger partial charge < -0.3 is 20.1 Å². The molecule has 2 aliphatic heterocycles. The second-order valence-electron chi connectivity index (χ2n) is 7.38. The predicted molar refractivity (Wildman–Crippen MR) is 107 cm³/mol. The molecule has 2 aliphatic rings. The topological polar surface area (TPSA) is 79.9 Å². The van der Waals surface area contributed by atoms with Crippen LogP contribution >= 0.6 is 0 Å². The van der Waals surface area contributed by atoms with Crippen molar-refractivity contribution in [3.63, 3.8) is 0 Å². The Balaban J connectivity index is 1.19. The molecule has 2 N–H and O–H groups in total. The van der Waals surface area contributed by atoms with E-state index in [9.17, 15) is 9.59 Å². The number of hydrogen-bond acceptors (Lipinski definition) is 5. The summed E-state index contributed by atoms with van der Waals surface area (Å²) in [5, 5.41) is 5.52. The van der Waals surface area contributed by atoms with Crippen molar-refractivity contribution >= 4 is 11.8 Å². The van der Waals surface area contributed by atoms with Crippen LogP contribution in [-0.4, -0.2) is 42.6 Å². The predicted octanol–water partition coefficient (Wildman–Crippen LogP) is 1.81. The van der Waals surface area contributed by atoms with E-state index in [0.717, 1.165) is 38.0 Å². The molecule has 0 unspecified atom stereocenters. The highest BCUT2D eigenvalue weighted by Crippen LogP contribution is 2.32. The van der Waals surface area contributed by atoms with Crippen molar-refractivity contribution in [1.82, 2.24) is 15.5 Å². The minimum Gasteiger partial charge on any atom is -0.454 e. The first-order valence-corrected chi connectivity index (χ1v) is 9.91. The maximum Gasteiger partial charge on any atom is 0.309 e. The molecule has 7 nitrogen and oxygen atoms in total. The van der Waals surface area contributed by atoms with Crippen LogP contribution in [0.2, 0.25) is 0 Å². The van der Waals surface area contributed by atoms with E-state index in [1.165, 1.54) is 5.56 Å². The highest BCUT2D eigenvalue weighted by molar-refractivity contribution is 6.35. The number of carbonyl (C=O) groups is 2. The number of ether oxygens (including phenoxy) is 2. The maximum atomic E-state index is 12.2. The molecule has 2 heterocycles. The number of nitrogens with one attached hydrogen (secondary N) is 2. The quantitative estimate of drug-likeness (QED) is 0.755. The van der Waals surface area contributed by atoms with Gasteiger partial charge in [-0.05, 0) is 36.1 Å².